The van der Waals surface area contributed by atoms with Crippen LogP contribution < -0.4 is 18.9 Å². The van der Waals surface area contributed by atoms with E-state index in [1.54, 1.807) is 45.6 Å². The van der Waals surface area contributed by atoms with Gasteiger partial charge in [-0.3, -0.25) is 14.5 Å². The highest BCUT2D eigenvalue weighted by molar-refractivity contribution is 5.98. The number of rotatable bonds is 12. The summed E-state index contributed by atoms with van der Waals surface area (Å²) in [4.78, 5) is 29.4. The lowest BCUT2D eigenvalue weighted by Gasteiger charge is -2.35. The molecule has 2 aromatic carbocycles. The molecule has 0 aromatic heterocycles. The minimum atomic E-state index is -0.0282. The van der Waals surface area contributed by atoms with Gasteiger partial charge >= 0.3 is 0 Å². The van der Waals surface area contributed by atoms with Gasteiger partial charge in [0.2, 0.25) is 11.7 Å². The number of ether oxygens (including phenoxy) is 4. The molecule has 1 fully saturated rings. The fraction of sp³-hybridized carbons (Fsp3) is 0.481. The number of hydrogen-bond donors (Lipinski definition) is 0. The Balaban J connectivity index is 1.47. The highest BCUT2D eigenvalue weighted by atomic mass is 16.5. The van der Waals surface area contributed by atoms with E-state index in [0.717, 1.165) is 30.8 Å². The van der Waals surface area contributed by atoms with Gasteiger partial charge in [-0.05, 0) is 36.8 Å². The third-order valence-corrected chi connectivity index (χ3v) is 6.12. The molecule has 35 heavy (non-hydrogen) atoms. The molecule has 1 aliphatic heterocycles. The maximum absolute atomic E-state index is 12.7. The quantitative estimate of drug-likeness (QED) is 0.424. The van der Waals surface area contributed by atoms with Crippen molar-refractivity contribution in [3.8, 4) is 23.0 Å². The smallest absolute Gasteiger partial charge is 0.223 e. The average Bonchev–Trinajstić information content (AvgIpc) is 2.90. The van der Waals surface area contributed by atoms with Crippen molar-refractivity contribution >= 4 is 11.7 Å². The molecule has 8 heteroatoms. The van der Waals surface area contributed by atoms with Gasteiger partial charge < -0.3 is 23.8 Å². The van der Waals surface area contributed by atoms with Gasteiger partial charge in [-0.2, -0.15) is 0 Å². The summed E-state index contributed by atoms with van der Waals surface area (Å²) >= 11 is 0. The number of benzene rings is 2. The Morgan fingerprint density at radius 2 is 1.51 bits per heavy atom. The van der Waals surface area contributed by atoms with Crippen molar-refractivity contribution in [1.82, 2.24) is 9.80 Å². The van der Waals surface area contributed by atoms with Gasteiger partial charge in [0.05, 0.1) is 27.9 Å². The molecule has 1 saturated heterocycles. The lowest BCUT2D eigenvalue weighted by molar-refractivity contribution is -0.133. The molecule has 0 spiro atoms. The topological polar surface area (TPSA) is 77.5 Å². The van der Waals surface area contributed by atoms with Crippen LogP contribution >= 0.6 is 0 Å². The van der Waals surface area contributed by atoms with Crippen LogP contribution in [-0.2, 0) is 11.3 Å². The predicted octanol–water partition coefficient (Wildman–Crippen LogP) is 3.81. The number of carbonyl (C=O) groups excluding carboxylic acids is 2. The fourth-order valence-corrected chi connectivity index (χ4v) is 4.16. The van der Waals surface area contributed by atoms with Crippen molar-refractivity contribution in [1.29, 1.82) is 0 Å². The Morgan fingerprint density at radius 3 is 2.11 bits per heavy atom. The first kappa shape index (κ1) is 26.3. The van der Waals surface area contributed by atoms with Gasteiger partial charge in [0, 0.05) is 56.7 Å². The van der Waals surface area contributed by atoms with Crippen LogP contribution in [0, 0.1) is 0 Å². The van der Waals surface area contributed by atoms with Crippen molar-refractivity contribution in [2.75, 3.05) is 54.1 Å². The zero-order valence-corrected chi connectivity index (χ0v) is 21.2. The minimum absolute atomic E-state index is 0.0181. The van der Waals surface area contributed by atoms with E-state index >= 15 is 0 Å². The second-order valence-electron chi connectivity index (χ2n) is 8.45. The van der Waals surface area contributed by atoms with Crippen LogP contribution in [0.5, 0.6) is 23.0 Å². The molecule has 0 bridgehead atoms. The molecule has 0 N–H and O–H groups in total. The van der Waals surface area contributed by atoms with Gasteiger partial charge in [-0.25, -0.2) is 0 Å². The minimum Gasteiger partial charge on any atom is -0.494 e. The number of nitrogens with zero attached hydrogens (tertiary/aromatic N) is 2. The van der Waals surface area contributed by atoms with Crippen LogP contribution in [0.25, 0.3) is 0 Å². The standard InChI is InChI=1S/C27H36N2O6/c1-5-18-35-22-9-6-20(7-10-22)23(30)11-13-25(31)29-16-14-28(15-17-29)19-21-8-12-24(32-2)27(34-4)26(21)33-3/h6-10,12H,5,11,13-19H2,1-4H3. The number of hydrogen-bond acceptors (Lipinski definition) is 7. The van der Waals surface area contributed by atoms with Gasteiger partial charge in [0.25, 0.3) is 0 Å². The molecular formula is C27H36N2O6. The third-order valence-electron chi connectivity index (χ3n) is 6.12. The van der Waals surface area contributed by atoms with Crippen molar-refractivity contribution in [2.24, 2.45) is 0 Å². The van der Waals surface area contributed by atoms with Gasteiger partial charge in [-0.1, -0.05) is 13.0 Å². The van der Waals surface area contributed by atoms with Crippen LogP contribution in [0.2, 0.25) is 0 Å². The van der Waals surface area contributed by atoms with Crippen LogP contribution in [0.4, 0.5) is 0 Å². The van der Waals surface area contributed by atoms with E-state index in [-0.39, 0.29) is 24.5 Å². The molecule has 0 radical (unpaired) electrons. The summed E-state index contributed by atoms with van der Waals surface area (Å²) in [6.45, 7) is 6.13. The normalized spacial score (nSPS) is 13.9. The first-order chi connectivity index (χ1) is 17.0. The van der Waals surface area contributed by atoms with Crippen molar-refractivity contribution in [3.63, 3.8) is 0 Å². The monoisotopic (exact) mass is 484 g/mol. The van der Waals surface area contributed by atoms with E-state index in [1.807, 2.05) is 24.0 Å². The van der Waals surface area contributed by atoms with E-state index in [0.29, 0.717) is 49.1 Å². The van der Waals surface area contributed by atoms with E-state index < -0.39 is 0 Å². The molecule has 2 aromatic rings. The molecule has 0 atom stereocenters. The molecule has 0 saturated carbocycles. The number of Topliss-reactive ketones (excluding diaryl/α,β-unsaturated/α-hetero) is 1. The maximum atomic E-state index is 12.7. The van der Waals surface area contributed by atoms with E-state index in [4.69, 9.17) is 18.9 Å². The number of methoxy groups -OCH3 is 3. The zero-order chi connectivity index (χ0) is 25.2. The highest BCUT2D eigenvalue weighted by Gasteiger charge is 2.24. The van der Waals surface area contributed by atoms with Crippen molar-refractivity contribution in [3.05, 3.63) is 47.5 Å². The van der Waals surface area contributed by atoms with Crippen LogP contribution in [0.1, 0.15) is 42.1 Å². The molecule has 1 heterocycles. The second kappa shape index (κ2) is 13.0. The largest absolute Gasteiger partial charge is 0.494 e. The summed E-state index contributed by atoms with van der Waals surface area (Å²) < 4.78 is 22.0. The van der Waals surface area contributed by atoms with Gasteiger partial charge in [0.15, 0.2) is 17.3 Å². The Bertz CT molecular complexity index is 984. The predicted molar refractivity (Wildman–Crippen MR) is 134 cm³/mol. The van der Waals surface area contributed by atoms with E-state index in [1.165, 1.54) is 0 Å². The summed E-state index contributed by atoms with van der Waals surface area (Å²) in [5.74, 6) is 2.61. The highest BCUT2D eigenvalue weighted by Crippen LogP contribution is 2.40. The molecule has 0 aliphatic carbocycles. The number of amides is 1. The Kier molecular flexibility index (Phi) is 9.78. The Morgan fingerprint density at radius 1 is 0.829 bits per heavy atom. The van der Waals surface area contributed by atoms with Crippen molar-refractivity contribution in [2.45, 2.75) is 32.7 Å². The SMILES string of the molecule is CCCOc1ccc(C(=O)CCC(=O)N2CCN(Cc3ccc(OC)c(OC)c3OC)CC2)cc1. The van der Waals surface area contributed by atoms with Crippen LogP contribution in [-0.4, -0.2) is 75.6 Å². The average molecular weight is 485 g/mol. The Hall–Kier alpha value is -3.26. The second-order valence-corrected chi connectivity index (χ2v) is 8.45. The fourth-order valence-electron chi connectivity index (χ4n) is 4.16. The molecule has 0 unspecified atom stereocenters. The van der Waals surface area contributed by atoms with Gasteiger partial charge in [0.1, 0.15) is 5.75 Å². The Labute approximate surface area is 207 Å². The van der Waals surface area contributed by atoms with Crippen LogP contribution in [0.15, 0.2) is 36.4 Å². The summed E-state index contributed by atoms with van der Waals surface area (Å²) in [5, 5.41) is 0. The van der Waals surface area contributed by atoms with E-state index in [9.17, 15) is 9.59 Å². The lowest BCUT2D eigenvalue weighted by Crippen LogP contribution is -2.48. The summed E-state index contributed by atoms with van der Waals surface area (Å²) in [6.07, 6.45) is 1.36. The first-order valence-electron chi connectivity index (χ1n) is 12.0. The van der Waals surface area contributed by atoms with E-state index in [2.05, 4.69) is 4.90 Å². The molecule has 3 rings (SSSR count). The summed E-state index contributed by atoms with van der Waals surface area (Å²) in [5.41, 5.74) is 1.61. The lowest BCUT2D eigenvalue weighted by atomic mass is 10.1. The molecule has 1 amide bonds. The zero-order valence-electron chi connectivity index (χ0n) is 21.2. The summed E-state index contributed by atoms with van der Waals surface area (Å²) in [7, 11) is 4.81. The number of ketones is 1. The maximum Gasteiger partial charge on any atom is 0.223 e. The third kappa shape index (κ3) is 6.88. The molecule has 190 valence electrons. The van der Waals surface area contributed by atoms with Crippen LogP contribution in [0.3, 0.4) is 0 Å². The molecule has 8 nitrogen and oxygen atoms in total. The first-order valence-corrected chi connectivity index (χ1v) is 12.0. The number of piperazine rings is 1. The van der Waals surface area contributed by atoms with Crippen molar-refractivity contribution < 1.29 is 28.5 Å². The molecule has 1 aliphatic rings. The van der Waals surface area contributed by atoms with Gasteiger partial charge in [-0.15, -0.1) is 0 Å². The number of carbonyl (C=O) groups is 2. The summed E-state index contributed by atoms with van der Waals surface area (Å²) in [6, 6.07) is 11.0. The molecular weight excluding hydrogens is 448 g/mol.